The Bertz CT molecular complexity index is 428. The summed E-state index contributed by atoms with van der Waals surface area (Å²) in [4.78, 5) is 0. The van der Waals surface area contributed by atoms with Gasteiger partial charge in [-0.3, -0.25) is 0 Å². The maximum atomic E-state index is 6.09. The van der Waals surface area contributed by atoms with Crippen LogP contribution in [0, 0.1) is 0 Å². The summed E-state index contributed by atoms with van der Waals surface area (Å²) < 4.78 is 17.2. The fourth-order valence-electron chi connectivity index (χ4n) is 2.32. The Labute approximate surface area is 127 Å². The van der Waals surface area contributed by atoms with E-state index in [1.54, 1.807) is 0 Å². The van der Waals surface area contributed by atoms with Crippen molar-refractivity contribution in [1.29, 1.82) is 0 Å². The van der Waals surface area contributed by atoms with Gasteiger partial charge in [0.05, 0.1) is 19.8 Å². The predicted molar refractivity (Wildman–Crippen MR) is 84.1 cm³/mol. The molecule has 0 atom stereocenters. The fourth-order valence-corrected chi connectivity index (χ4v) is 2.32. The molecule has 1 aliphatic rings. The van der Waals surface area contributed by atoms with Crippen molar-refractivity contribution in [3.63, 3.8) is 0 Å². The second-order valence-electron chi connectivity index (χ2n) is 5.68. The monoisotopic (exact) mass is 293 g/mol. The second kappa shape index (κ2) is 8.25. The number of hydrogen-bond acceptors (Lipinski definition) is 4. The Kier molecular flexibility index (Phi) is 6.33. The third-order valence-electron chi connectivity index (χ3n) is 3.48. The van der Waals surface area contributed by atoms with Crippen LogP contribution in [0.15, 0.2) is 18.2 Å². The molecular weight excluding hydrogens is 266 g/mol. The van der Waals surface area contributed by atoms with Gasteiger partial charge < -0.3 is 19.5 Å². The molecule has 1 aromatic rings. The molecule has 21 heavy (non-hydrogen) atoms. The third-order valence-corrected chi connectivity index (χ3v) is 3.48. The van der Waals surface area contributed by atoms with Crippen LogP contribution in [0.3, 0.4) is 0 Å². The predicted octanol–water partition coefficient (Wildman–Crippen LogP) is 3.14. The van der Waals surface area contributed by atoms with Gasteiger partial charge in [0.25, 0.3) is 0 Å². The maximum absolute atomic E-state index is 6.09. The zero-order valence-electron chi connectivity index (χ0n) is 13.4. The second-order valence-corrected chi connectivity index (χ2v) is 5.68. The van der Waals surface area contributed by atoms with Crippen LogP contribution in [-0.4, -0.2) is 32.0 Å². The quantitative estimate of drug-likeness (QED) is 0.838. The Hall–Kier alpha value is -1.26. The fraction of sp³-hybridized carbons (Fsp3) is 0.647. The molecule has 0 unspecified atom stereocenters. The highest BCUT2D eigenvalue weighted by molar-refractivity contribution is 5.43. The molecule has 1 aromatic carbocycles. The molecule has 1 aliphatic heterocycles. The van der Waals surface area contributed by atoms with Gasteiger partial charge >= 0.3 is 0 Å². The molecule has 1 fully saturated rings. The summed E-state index contributed by atoms with van der Waals surface area (Å²) >= 11 is 0. The van der Waals surface area contributed by atoms with Crippen molar-refractivity contribution in [3.8, 4) is 11.5 Å². The van der Waals surface area contributed by atoms with E-state index in [1.807, 2.05) is 13.0 Å². The molecule has 0 spiro atoms. The van der Waals surface area contributed by atoms with E-state index in [1.165, 1.54) is 5.56 Å². The molecule has 0 aliphatic carbocycles. The lowest BCUT2D eigenvalue weighted by Gasteiger charge is -2.24. The van der Waals surface area contributed by atoms with Gasteiger partial charge in [-0.05, 0) is 24.6 Å². The minimum atomic E-state index is 0.234. The van der Waals surface area contributed by atoms with Crippen molar-refractivity contribution >= 4 is 0 Å². The van der Waals surface area contributed by atoms with Gasteiger partial charge in [0, 0.05) is 25.4 Å². The highest BCUT2D eigenvalue weighted by atomic mass is 16.5. The van der Waals surface area contributed by atoms with Crippen LogP contribution in [-0.2, 0) is 11.3 Å². The first-order chi connectivity index (χ1) is 10.2. The zero-order valence-corrected chi connectivity index (χ0v) is 13.4. The van der Waals surface area contributed by atoms with Crippen LogP contribution >= 0.6 is 0 Å². The molecule has 2 rings (SSSR count). The summed E-state index contributed by atoms with van der Waals surface area (Å²) in [6, 6.07) is 6.68. The summed E-state index contributed by atoms with van der Waals surface area (Å²) in [7, 11) is 0. The molecule has 0 bridgehead atoms. The van der Waals surface area contributed by atoms with Crippen LogP contribution in [0.25, 0.3) is 0 Å². The van der Waals surface area contributed by atoms with Gasteiger partial charge in [-0.15, -0.1) is 0 Å². The lowest BCUT2D eigenvalue weighted by atomic mass is 10.1. The first-order valence-corrected chi connectivity index (χ1v) is 7.92. The van der Waals surface area contributed by atoms with Gasteiger partial charge in [-0.25, -0.2) is 0 Å². The molecule has 0 saturated carbocycles. The Morgan fingerprint density at radius 1 is 1.24 bits per heavy atom. The smallest absolute Gasteiger partial charge is 0.161 e. The molecular formula is C17H27NO3. The highest BCUT2D eigenvalue weighted by Crippen LogP contribution is 2.31. The van der Waals surface area contributed by atoms with E-state index in [2.05, 4.69) is 31.3 Å². The molecule has 0 radical (unpaired) electrons. The van der Waals surface area contributed by atoms with Crippen LogP contribution in [0.1, 0.15) is 39.2 Å². The standard InChI is InChI=1S/C17H27NO3/c1-4-20-17-11-14(12-18-13(2)3)5-6-16(17)21-15-7-9-19-10-8-15/h5-6,11,13,15,18H,4,7-10,12H2,1-3H3. The number of benzene rings is 1. The first-order valence-electron chi connectivity index (χ1n) is 7.92. The Morgan fingerprint density at radius 3 is 2.67 bits per heavy atom. The lowest BCUT2D eigenvalue weighted by Crippen LogP contribution is -2.26. The van der Waals surface area contributed by atoms with Crippen molar-refractivity contribution < 1.29 is 14.2 Å². The van der Waals surface area contributed by atoms with Crippen molar-refractivity contribution in [2.45, 2.75) is 52.3 Å². The van der Waals surface area contributed by atoms with E-state index >= 15 is 0 Å². The topological polar surface area (TPSA) is 39.7 Å². The van der Waals surface area contributed by atoms with Crippen molar-refractivity contribution in [1.82, 2.24) is 5.32 Å². The Morgan fingerprint density at radius 2 is 2.00 bits per heavy atom. The number of nitrogens with one attached hydrogen (secondary N) is 1. The van der Waals surface area contributed by atoms with E-state index in [0.717, 1.165) is 44.1 Å². The molecule has 1 N–H and O–H groups in total. The molecule has 4 heteroatoms. The molecule has 118 valence electrons. The number of hydrogen-bond donors (Lipinski definition) is 1. The summed E-state index contributed by atoms with van der Waals surface area (Å²) in [6.45, 7) is 9.34. The van der Waals surface area contributed by atoms with Crippen LogP contribution in [0.5, 0.6) is 11.5 Å². The summed E-state index contributed by atoms with van der Waals surface area (Å²) in [6.07, 6.45) is 2.13. The number of ether oxygens (including phenoxy) is 3. The third kappa shape index (κ3) is 5.21. The van der Waals surface area contributed by atoms with Gasteiger partial charge in [-0.2, -0.15) is 0 Å². The van der Waals surface area contributed by atoms with E-state index in [4.69, 9.17) is 14.2 Å². The maximum Gasteiger partial charge on any atom is 0.161 e. The molecule has 1 heterocycles. The normalized spacial score (nSPS) is 16.2. The van der Waals surface area contributed by atoms with E-state index < -0.39 is 0 Å². The minimum Gasteiger partial charge on any atom is -0.490 e. The average Bonchev–Trinajstić information content (AvgIpc) is 2.49. The largest absolute Gasteiger partial charge is 0.490 e. The lowest BCUT2D eigenvalue weighted by molar-refractivity contribution is 0.0243. The SMILES string of the molecule is CCOc1cc(CNC(C)C)ccc1OC1CCOCC1. The van der Waals surface area contributed by atoms with Crippen LogP contribution in [0.4, 0.5) is 0 Å². The summed E-state index contributed by atoms with van der Waals surface area (Å²) in [5.74, 6) is 1.68. The van der Waals surface area contributed by atoms with E-state index in [9.17, 15) is 0 Å². The molecule has 0 amide bonds. The average molecular weight is 293 g/mol. The molecule has 0 aromatic heterocycles. The molecule has 1 saturated heterocycles. The first kappa shape index (κ1) is 16.1. The van der Waals surface area contributed by atoms with Gasteiger partial charge in [-0.1, -0.05) is 19.9 Å². The van der Waals surface area contributed by atoms with Gasteiger partial charge in [0.15, 0.2) is 11.5 Å². The summed E-state index contributed by atoms with van der Waals surface area (Å²) in [5.41, 5.74) is 1.21. The van der Waals surface area contributed by atoms with Crippen molar-refractivity contribution in [2.75, 3.05) is 19.8 Å². The van der Waals surface area contributed by atoms with E-state index in [0.29, 0.717) is 12.6 Å². The number of rotatable bonds is 7. The van der Waals surface area contributed by atoms with Gasteiger partial charge in [0.2, 0.25) is 0 Å². The van der Waals surface area contributed by atoms with Crippen LogP contribution < -0.4 is 14.8 Å². The van der Waals surface area contributed by atoms with Gasteiger partial charge in [0.1, 0.15) is 6.10 Å². The van der Waals surface area contributed by atoms with Crippen molar-refractivity contribution in [3.05, 3.63) is 23.8 Å². The molecule has 4 nitrogen and oxygen atoms in total. The van der Waals surface area contributed by atoms with Crippen molar-refractivity contribution in [2.24, 2.45) is 0 Å². The Balaban J connectivity index is 2.04. The zero-order chi connectivity index (χ0) is 15.1. The van der Waals surface area contributed by atoms with Crippen LogP contribution in [0.2, 0.25) is 0 Å². The minimum absolute atomic E-state index is 0.234. The summed E-state index contributed by atoms with van der Waals surface area (Å²) in [5, 5.41) is 3.42. The highest BCUT2D eigenvalue weighted by Gasteiger charge is 2.17. The van der Waals surface area contributed by atoms with E-state index in [-0.39, 0.29) is 6.10 Å².